The van der Waals surface area contributed by atoms with Gasteiger partial charge in [0, 0.05) is 19.4 Å². The summed E-state index contributed by atoms with van der Waals surface area (Å²) < 4.78 is 1.67. The summed E-state index contributed by atoms with van der Waals surface area (Å²) in [4.78, 5) is 16.9. The molecule has 0 saturated carbocycles. The van der Waals surface area contributed by atoms with Gasteiger partial charge in [-0.05, 0) is 37.4 Å². The number of aromatic nitrogens is 3. The van der Waals surface area contributed by atoms with Crippen LogP contribution in [0.15, 0.2) is 30.3 Å². The number of aryl methyl sites for hydroxylation is 1. The Hall–Kier alpha value is -1.92. The van der Waals surface area contributed by atoms with Gasteiger partial charge in [0.1, 0.15) is 0 Å². The second-order valence-corrected chi connectivity index (χ2v) is 6.51. The molecule has 1 saturated heterocycles. The highest BCUT2D eigenvalue weighted by Crippen LogP contribution is 2.24. The van der Waals surface area contributed by atoms with Crippen LogP contribution in [0.4, 0.5) is 5.95 Å². The first-order chi connectivity index (χ1) is 11.6. The minimum atomic E-state index is -0.0290. The van der Waals surface area contributed by atoms with Crippen molar-refractivity contribution in [3.63, 3.8) is 0 Å². The molecule has 0 aliphatic carbocycles. The topological polar surface area (TPSA) is 71.8 Å². The van der Waals surface area contributed by atoms with Crippen molar-refractivity contribution in [2.45, 2.75) is 38.0 Å². The highest BCUT2D eigenvalue weighted by Gasteiger charge is 2.21. The Morgan fingerprint density at radius 1 is 1.32 bits per heavy atom. The summed E-state index contributed by atoms with van der Waals surface area (Å²) in [6.07, 6.45) is 2.52. The Balaban J connectivity index is 0.00000225. The summed E-state index contributed by atoms with van der Waals surface area (Å²) >= 11 is 0. The molecule has 2 heterocycles. The van der Waals surface area contributed by atoms with E-state index in [4.69, 9.17) is 0 Å². The number of nitrogens with zero attached hydrogens (tertiary/aromatic N) is 3. The summed E-state index contributed by atoms with van der Waals surface area (Å²) in [5.74, 6) is 1.90. The molecule has 1 fully saturated rings. The fourth-order valence-electron chi connectivity index (χ4n) is 3.12. The Labute approximate surface area is 154 Å². The zero-order valence-corrected chi connectivity index (χ0v) is 15.6. The molecule has 0 radical (unpaired) electrons. The number of nitrogens with one attached hydrogen (secondary N) is 2. The third kappa shape index (κ3) is 5.03. The van der Waals surface area contributed by atoms with Gasteiger partial charge >= 0.3 is 0 Å². The van der Waals surface area contributed by atoms with Crippen LogP contribution in [0, 0.1) is 0 Å². The molecule has 7 heteroatoms. The lowest BCUT2D eigenvalue weighted by Crippen LogP contribution is -2.27. The molecule has 2 aromatic rings. The van der Waals surface area contributed by atoms with Gasteiger partial charge < -0.3 is 5.32 Å². The fourth-order valence-corrected chi connectivity index (χ4v) is 3.12. The highest BCUT2D eigenvalue weighted by molar-refractivity contribution is 5.89. The van der Waals surface area contributed by atoms with Crippen molar-refractivity contribution in [3.8, 4) is 0 Å². The lowest BCUT2D eigenvalue weighted by Gasteiger charge is -2.19. The van der Waals surface area contributed by atoms with Gasteiger partial charge in [-0.1, -0.05) is 37.3 Å². The summed E-state index contributed by atoms with van der Waals surface area (Å²) in [6, 6.07) is 10.1. The number of hydrogen-bond acceptors (Lipinski definition) is 4. The second kappa shape index (κ2) is 8.97. The first-order valence-corrected chi connectivity index (χ1v) is 8.60. The number of carbonyl (C=O) groups is 1. The van der Waals surface area contributed by atoms with Gasteiger partial charge in [0.2, 0.25) is 11.9 Å². The number of piperidine rings is 1. The van der Waals surface area contributed by atoms with E-state index in [1.54, 1.807) is 4.68 Å². The monoisotopic (exact) mass is 363 g/mol. The number of hydrogen-bond donors (Lipinski definition) is 2. The molecular formula is C18H26ClN5O. The minimum Gasteiger partial charge on any atom is -0.317 e. The van der Waals surface area contributed by atoms with Gasteiger partial charge in [0.05, 0.1) is 0 Å². The number of amides is 1. The van der Waals surface area contributed by atoms with Gasteiger partial charge in [-0.15, -0.1) is 12.4 Å². The van der Waals surface area contributed by atoms with Crippen LogP contribution in [0.1, 0.15) is 49.4 Å². The van der Waals surface area contributed by atoms with Crippen LogP contribution in [-0.2, 0) is 11.8 Å². The maximum absolute atomic E-state index is 12.3. The summed E-state index contributed by atoms with van der Waals surface area (Å²) in [5.41, 5.74) is 1.17. The second-order valence-electron chi connectivity index (χ2n) is 6.51. The van der Waals surface area contributed by atoms with Crippen molar-refractivity contribution >= 4 is 24.3 Å². The molecule has 3 rings (SSSR count). The van der Waals surface area contributed by atoms with E-state index < -0.39 is 0 Å². The van der Waals surface area contributed by atoms with Gasteiger partial charge in [0.25, 0.3) is 0 Å². The summed E-state index contributed by atoms with van der Waals surface area (Å²) in [6.45, 7) is 4.06. The summed E-state index contributed by atoms with van der Waals surface area (Å²) in [7, 11) is 1.83. The average molecular weight is 364 g/mol. The van der Waals surface area contributed by atoms with E-state index in [1.165, 1.54) is 5.56 Å². The zero-order valence-electron chi connectivity index (χ0n) is 14.7. The first kappa shape index (κ1) is 19.4. The van der Waals surface area contributed by atoms with Crippen molar-refractivity contribution in [2.24, 2.45) is 7.05 Å². The maximum atomic E-state index is 12.3. The van der Waals surface area contributed by atoms with E-state index in [9.17, 15) is 4.79 Å². The molecule has 2 N–H and O–H groups in total. The third-order valence-corrected chi connectivity index (χ3v) is 4.60. The number of benzene rings is 1. The Kier molecular flexibility index (Phi) is 6.96. The van der Waals surface area contributed by atoms with Crippen LogP contribution in [0.5, 0.6) is 0 Å². The minimum absolute atomic E-state index is 0. The highest BCUT2D eigenvalue weighted by atomic mass is 35.5. The number of anilines is 1. The van der Waals surface area contributed by atoms with Crippen molar-refractivity contribution in [2.75, 3.05) is 18.4 Å². The number of carbonyl (C=O) groups excluding carboxylic acids is 1. The van der Waals surface area contributed by atoms with Crippen molar-refractivity contribution in [3.05, 3.63) is 41.7 Å². The fraction of sp³-hybridized carbons (Fsp3) is 0.500. The van der Waals surface area contributed by atoms with Gasteiger partial charge in [-0.3, -0.25) is 10.1 Å². The number of halogens is 1. The molecule has 1 amide bonds. The maximum Gasteiger partial charge on any atom is 0.227 e. The molecule has 1 atom stereocenters. The zero-order chi connectivity index (χ0) is 16.9. The molecule has 0 spiro atoms. The van der Waals surface area contributed by atoms with Crippen LogP contribution < -0.4 is 10.6 Å². The van der Waals surface area contributed by atoms with E-state index in [2.05, 4.69) is 39.8 Å². The molecular weight excluding hydrogens is 338 g/mol. The molecule has 1 aliphatic rings. The van der Waals surface area contributed by atoms with Crippen LogP contribution >= 0.6 is 12.4 Å². The Bertz CT molecular complexity index is 682. The van der Waals surface area contributed by atoms with E-state index in [0.717, 1.165) is 31.8 Å². The van der Waals surface area contributed by atoms with E-state index in [-0.39, 0.29) is 24.2 Å². The molecule has 25 heavy (non-hydrogen) atoms. The van der Waals surface area contributed by atoms with E-state index in [0.29, 0.717) is 18.3 Å². The predicted octanol–water partition coefficient (Wildman–Crippen LogP) is 2.84. The molecule has 0 bridgehead atoms. The SMILES string of the molecule is CC(CC(=O)Nc1nc(C2CCNCC2)nn1C)c1ccccc1.Cl. The van der Waals surface area contributed by atoms with Crippen molar-refractivity contribution in [1.82, 2.24) is 20.1 Å². The largest absolute Gasteiger partial charge is 0.317 e. The Morgan fingerprint density at radius 2 is 2.00 bits per heavy atom. The van der Waals surface area contributed by atoms with E-state index in [1.807, 2.05) is 25.2 Å². The lowest BCUT2D eigenvalue weighted by atomic mass is 9.97. The van der Waals surface area contributed by atoms with Gasteiger partial charge in [0.15, 0.2) is 5.82 Å². The standard InChI is InChI=1S/C18H25N5O.ClH/c1-13(14-6-4-3-5-7-14)12-16(24)20-18-21-17(22-23(18)2)15-8-10-19-11-9-15;/h3-7,13,15,19H,8-12H2,1-2H3,(H,20,21,22,24);1H. The first-order valence-electron chi connectivity index (χ1n) is 8.60. The van der Waals surface area contributed by atoms with Crippen LogP contribution in [0.3, 0.4) is 0 Å². The van der Waals surface area contributed by atoms with Crippen molar-refractivity contribution < 1.29 is 4.79 Å². The Morgan fingerprint density at radius 3 is 2.68 bits per heavy atom. The number of rotatable bonds is 5. The van der Waals surface area contributed by atoms with Crippen molar-refractivity contribution in [1.29, 1.82) is 0 Å². The predicted molar refractivity (Wildman–Crippen MR) is 101 cm³/mol. The smallest absolute Gasteiger partial charge is 0.227 e. The summed E-state index contributed by atoms with van der Waals surface area (Å²) in [5, 5.41) is 10.7. The molecule has 1 unspecified atom stereocenters. The molecule has 1 aromatic heterocycles. The third-order valence-electron chi connectivity index (χ3n) is 4.60. The normalized spacial score (nSPS) is 16.1. The quantitative estimate of drug-likeness (QED) is 0.856. The van der Waals surface area contributed by atoms with Crippen LogP contribution in [0.25, 0.3) is 0 Å². The van der Waals surface area contributed by atoms with E-state index >= 15 is 0 Å². The molecule has 136 valence electrons. The molecule has 6 nitrogen and oxygen atoms in total. The van der Waals surface area contributed by atoms with Gasteiger partial charge in [-0.2, -0.15) is 10.1 Å². The van der Waals surface area contributed by atoms with Crippen LogP contribution in [0.2, 0.25) is 0 Å². The van der Waals surface area contributed by atoms with Crippen LogP contribution in [-0.4, -0.2) is 33.8 Å². The lowest BCUT2D eigenvalue weighted by molar-refractivity contribution is -0.116. The molecule has 1 aliphatic heterocycles. The average Bonchev–Trinajstić information content (AvgIpc) is 2.97. The molecule has 1 aromatic carbocycles. The van der Waals surface area contributed by atoms with Gasteiger partial charge in [-0.25, -0.2) is 4.68 Å².